The van der Waals surface area contributed by atoms with Crippen LogP contribution in [0.25, 0.3) is 22.4 Å². The maximum Gasteiger partial charge on any atom is 0.222 e. The molecule has 0 fully saturated rings. The summed E-state index contributed by atoms with van der Waals surface area (Å²) in [4.78, 5) is 15.7. The first-order chi connectivity index (χ1) is 10.0. The van der Waals surface area contributed by atoms with Gasteiger partial charge in [0.2, 0.25) is 5.95 Å². The van der Waals surface area contributed by atoms with Crippen molar-refractivity contribution in [2.45, 2.75) is 25.9 Å². The van der Waals surface area contributed by atoms with Crippen molar-refractivity contribution in [3.63, 3.8) is 0 Å². The highest BCUT2D eigenvalue weighted by atomic mass is 16.5. The lowest BCUT2D eigenvalue weighted by Gasteiger charge is -2.16. The van der Waals surface area contributed by atoms with E-state index in [4.69, 9.17) is 10.5 Å². The van der Waals surface area contributed by atoms with Crippen molar-refractivity contribution in [2.75, 3.05) is 5.73 Å². The third-order valence-corrected chi connectivity index (χ3v) is 3.64. The summed E-state index contributed by atoms with van der Waals surface area (Å²) in [6.45, 7) is 4.17. The van der Waals surface area contributed by atoms with E-state index in [9.17, 15) is 0 Å². The summed E-state index contributed by atoms with van der Waals surface area (Å²) >= 11 is 0. The van der Waals surface area contributed by atoms with E-state index in [0.717, 1.165) is 28.9 Å². The number of benzene rings is 1. The van der Waals surface area contributed by atoms with Crippen molar-refractivity contribution in [3.05, 3.63) is 30.1 Å². The quantitative estimate of drug-likeness (QED) is 0.714. The molecule has 0 atom stereocenters. The average molecular weight is 281 g/mol. The standard InChI is InChI=1S/C15H15N5O/c1-15(2)6-9-5-8(3-4-10(9)21-15)11-12-13(18-7-17-12)20-14(16)19-11/h3-5,7H,6H2,1-2H3,(H3,16,17,18,19,20). The first-order valence-corrected chi connectivity index (χ1v) is 6.81. The molecule has 0 spiro atoms. The number of hydrogen-bond donors (Lipinski definition) is 2. The van der Waals surface area contributed by atoms with Crippen molar-refractivity contribution in [1.29, 1.82) is 0 Å². The molecule has 6 heteroatoms. The number of imidazole rings is 1. The van der Waals surface area contributed by atoms with Crippen LogP contribution in [0.3, 0.4) is 0 Å². The normalized spacial score (nSPS) is 15.9. The van der Waals surface area contributed by atoms with Gasteiger partial charge in [-0.1, -0.05) is 0 Å². The van der Waals surface area contributed by atoms with Gasteiger partial charge in [-0.15, -0.1) is 0 Å². The summed E-state index contributed by atoms with van der Waals surface area (Å²) in [5.41, 5.74) is 9.92. The molecule has 106 valence electrons. The van der Waals surface area contributed by atoms with Gasteiger partial charge in [0.25, 0.3) is 0 Å². The Bertz CT molecular complexity index is 852. The summed E-state index contributed by atoms with van der Waals surface area (Å²) < 4.78 is 5.90. The smallest absolute Gasteiger partial charge is 0.222 e. The summed E-state index contributed by atoms with van der Waals surface area (Å²) in [7, 11) is 0. The molecule has 1 aromatic carbocycles. The number of ether oxygens (including phenoxy) is 1. The van der Waals surface area contributed by atoms with Crippen LogP contribution < -0.4 is 10.5 Å². The Morgan fingerprint density at radius 1 is 1.29 bits per heavy atom. The van der Waals surface area contributed by atoms with Gasteiger partial charge in [-0.05, 0) is 37.6 Å². The van der Waals surface area contributed by atoms with Crippen LogP contribution in [0.15, 0.2) is 24.5 Å². The highest BCUT2D eigenvalue weighted by Crippen LogP contribution is 2.37. The molecule has 1 aliphatic heterocycles. The lowest BCUT2D eigenvalue weighted by molar-refractivity contribution is 0.138. The van der Waals surface area contributed by atoms with E-state index in [-0.39, 0.29) is 11.5 Å². The second kappa shape index (κ2) is 3.94. The molecule has 0 unspecified atom stereocenters. The van der Waals surface area contributed by atoms with E-state index in [0.29, 0.717) is 5.65 Å². The molecule has 4 rings (SSSR count). The fourth-order valence-corrected chi connectivity index (χ4v) is 2.82. The number of nitrogen functional groups attached to an aromatic ring is 1. The topological polar surface area (TPSA) is 89.7 Å². The summed E-state index contributed by atoms with van der Waals surface area (Å²) in [6, 6.07) is 6.08. The fourth-order valence-electron chi connectivity index (χ4n) is 2.82. The Morgan fingerprint density at radius 2 is 2.14 bits per heavy atom. The number of fused-ring (bicyclic) bond motifs is 2. The molecule has 0 bridgehead atoms. The average Bonchev–Trinajstić information content (AvgIpc) is 2.98. The number of aromatic nitrogens is 4. The largest absolute Gasteiger partial charge is 0.487 e. The van der Waals surface area contributed by atoms with E-state index in [1.54, 1.807) is 6.33 Å². The number of nitrogens with zero attached hydrogens (tertiary/aromatic N) is 3. The van der Waals surface area contributed by atoms with Crippen LogP contribution in [-0.2, 0) is 6.42 Å². The molecule has 0 saturated heterocycles. The molecule has 0 amide bonds. The lowest BCUT2D eigenvalue weighted by atomic mass is 9.99. The molecule has 2 aromatic heterocycles. The molecule has 3 N–H and O–H groups in total. The van der Waals surface area contributed by atoms with Crippen molar-refractivity contribution < 1.29 is 4.74 Å². The molecule has 3 aromatic rings. The van der Waals surface area contributed by atoms with Gasteiger partial charge in [-0.2, -0.15) is 4.98 Å². The van der Waals surface area contributed by atoms with Gasteiger partial charge >= 0.3 is 0 Å². The molecule has 21 heavy (non-hydrogen) atoms. The summed E-state index contributed by atoms with van der Waals surface area (Å²) in [6.07, 6.45) is 2.48. The maximum atomic E-state index is 5.90. The first-order valence-electron chi connectivity index (χ1n) is 6.81. The zero-order chi connectivity index (χ0) is 14.6. The van der Waals surface area contributed by atoms with Crippen LogP contribution in [0.1, 0.15) is 19.4 Å². The Kier molecular flexibility index (Phi) is 2.28. The number of rotatable bonds is 1. The van der Waals surface area contributed by atoms with E-state index in [2.05, 4.69) is 39.8 Å². The molecule has 0 aliphatic carbocycles. The van der Waals surface area contributed by atoms with Crippen LogP contribution in [0.4, 0.5) is 5.95 Å². The minimum atomic E-state index is -0.158. The van der Waals surface area contributed by atoms with Crippen molar-refractivity contribution >= 4 is 17.1 Å². The van der Waals surface area contributed by atoms with E-state index in [1.807, 2.05) is 12.1 Å². The van der Waals surface area contributed by atoms with Gasteiger partial charge in [0.15, 0.2) is 5.65 Å². The molecule has 0 saturated carbocycles. The molecule has 3 heterocycles. The van der Waals surface area contributed by atoms with Crippen molar-refractivity contribution in [2.24, 2.45) is 0 Å². The number of H-pyrrole nitrogens is 1. The van der Waals surface area contributed by atoms with E-state index in [1.165, 1.54) is 5.56 Å². The van der Waals surface area contributed by atoms with Gasteiger partial charge < -0.3 is 15.5 Å². The summed E-state index contributed by atoms with van der Waals surface area (Å²) in [5.74, 6) is 1.16. The SMILES string of the molecule is CC1(C)Cc2cc(-c3nc(N)nc4nc[nH]c34)ccc2O1. The highest BCUT2D eigenvalue weighted by molar-refractivity contribution is 5.88. The highest BCUT2D eigenvalue weighted by Gasteiger charge is 2.30. The minimum Gasteiger partial charge on any atom is -0.487 e. The van der Waals surface area contributed by atoms with Gasteiger partial charge in [0, 0.05) is 12.0 Å². The van der Waals surface area contributed by atoms with Crippen LogP contribution in [0, 0.1) is 0 Å². The second-order valence-corrected chi connectivity index (χ2v) is 5.89. The van der Waals surface area contributed by atoms with Crippen molar-refractivity contribution in [1.82, 2.24) is 19.9 Å². The zero-order valence-electron chi connectivity index (χ0n) is 11.8. The van der Waals surface area contributed by atoms with Gasteiger partial charge in [-0.25, -0.2) is 9.97 Å². The summed E-state index contributed by atoms with van der Waals surface area (Å²) in [5, 5.41) is 0. The Labute approximate surface area is 121 Å². The van der Waals surface area contributed by atoms with E-state index >= 15 is 0 Å². The Balaban J connectivity index is 1.89. The van der Waals surface area contributed by atoms with Gasteiger partial charge in [0.05, 0.1) is 6.33 Å². The molecule has 6 nitrogen and oxygen atoms in total. The van der Waals surface area contributed by atoms with Crippen LogP contribution in [0.2, 0.25) is 0 Å². The molecule has 1 aliphatic rings. The minimum absolute atomic E-state index is 0.158. The van der Waals surface area contributed by atoms with Crippen LogP contribution in [-0.4, -0.2) is 25.5 Å². The van der Waals surface area contributed by atoms with Crippen molar-refractivity contribution in [3.8, 4) is 17.0 Å². The number of hydrogen-bond acceptors (Lipinski definition) is 5. The molecule has 0 radical (unpaired) electrons. The van der Waals surface area contributed by atoms with Crippen LogP contribution >= 0.6 is 0 Å². The number of nitrogens with one attached hydrogen (secondary N) is 1. The van der Waals surface area contributed by atoms with Crippen LogP contribution in [0.5, 0.6) is 5.75 Å². The predicted molar refractivity (Wildman–Crippen MR) is 79.9 cm³/mol. The zero-order valence-corrected chi connectivity index (χ0v) is 11.8. The monoisotopic (exact) mass is 281 g/mol. The first kappa shape index (κ1) is 12.1. The second-order valence-electron chi connectivity index (χ2n) is 5.89. The van der Waals surface area contributed by atoms with Gasteiger partial charge in [-0.3, -0.25) is 0 Å². The Hall–Kier alpha value is -2.63. The Morgan fingerprint density at radius 3 is 3.00 bits per heavy atom. The predicted octanol–water partition coefficient (Wildman–Crippen LogP) is 2.32. The number of aromatic amines is 1. The lowest BCUT2D eigenvalue weighted by Crippen LogP contribution is -2.24. The maximum absolute atomic E-state index is 5.90. The number of anilines is 1. The molecular formula is C15H15N5O. The molecular weight excluding hydrogens is 266 g/mol. The van der Waals surface area contributed by atoms with E-state index < -0.39 is 0 Å². The number of nitrogens with two attached hydrogens (primary N) is 1. The fraction of sp³-hybridized carbons (Fsp3) is 0.267. The third-order valence-electron chi connectivity index (χ3n) is 3.64. The third kappa shape index (κ3) is 1.91. The van der Waals surface area contributed by atoms with Gasteiger partial charge in [0.1, 0.15) is 22.6 Å².